The number of nitrogens with zero attached hydrogens (tertiary/aromatic N) is 2. The van der Waals surface area contributed by atoms with Crippen LogP contribution in [0.25, 0.3) is 0 Å². The predicted octanol–water partition coefficient (Wildman–Crippen LogP) is 1.99. The van der Waals surface area contributed by atoms with Crippen LogP contribution in [-0.4, -0.2) is 21.0 Å². The van der Waals surface area contributed by atoms with E-state index in [1.807, 2.05) is 37.3 Å². The summed E-state index contributed by atoms with van der Waals surface area (Å²) in [5.41, 5.74) is 1.15. The lowest BCUT2D eigenvalue weighted by atomic mass is 10.1. The van der Waals surface area contributed by atoms with Gasteiger partial charge < -0.3 is 4.98 Å². The van der Waals surface area contributed by atoms with Gasteiger partial charge in [-0.25, -0.2) is 0 Å². The second-order valence-corrected chi connectivity index (χ2v) is 3.56. The van der Waals surface area contributed by atoms with Crippen molar-refractivity contribution in [2.75, 3.05) is 0 Å². The first-order valence-electron chi connectivity index (χ1n) is 5.28. The summed E-state index contributed by atoms with van der Waals surface area (Å²) in [4.78, 5) is 14.3. The molecule has 0 fully saturated rings. The van der Waals surface area contributed by atoms with Crippen LogP contribution in [0.2, 0.25) is 0 Å². The molecule has 0 saturated heterocycles. The van der Waals surface area contributed by atoms with E-state index in [1.165, 1.54) is 0 Å². The summed E-state index contributed by atoms with van der Waals surface area (Å²) in [6, 6.07) is 9.96. The monoisotopic (exact) mass is 215 g/mol. The Bertz CT molecular complexity index is 476. The number of aromatic amines is 1. The fraction of sp³-hybridized carbons (Fsp3) is 0.250. The molecule has 0 unspecified atom stereocenters. The molecule has 0 spiro atoms. The molecule has 0 saturated carbocycles. The SMILES string of the molecule is CCC(=O)c1nnc(Cc2ccccc2)[nH]1. The van der Waals surface area contributed by atoms with Crippen molar-refractivity contribution in [3.8, 4) is 0 Å². The summed E-state index contributed by atoms with van der Waals surface area (Å²) < 4.78 is 0. The van der Waals surface area contributed by atoms with Crippen LogP contribution in [0.3, 0.4) is 0 Å². The van der Waals surface area contributed by atoms with Crippen molar-refractivity contribution < 1.29 is 4.79 Å². The number of nitrogens with one attached hydrogen (secondary N) is 1. The first-order valence-corrected chi connectivity index (χ1v) is 5.28. The molecule has 0 bridgehead atoms. The zero-order chi connectivity index (χ0) is 11.4. The molecule has 4 nitrogen and oxygen atoms in total. The molecule has 0 aliphatic carbocycles. The maximum atomic E-state index is 11.3. The molecule has 82 valence electrons. The number of Topliss-reactive ketones (excluding diaryl/α,β-unsaturated/α-hetero) is 1. The Labute approximate surface area is 93.7 Å². The minimum atomic E-state index is -0.00758. The Morgan fingerprint density at radius 3 is 2.69 bits per heavy atom. The van der Waals surface area contributed by atoms with Crippen LogP contribution in [0.1, 0.15) is 35.4 Å². The number of carbonyl (C=O) groups is 1. The van der Waals surface area contributed by atoms with Gasteiger partial charge in [-0.3, -0.25) is 4.79 Å². The van der Waals surface area contributed by atoms with Crippen molar-refractivity contribution >= 4 is 5.78 Å². The molecule has 1 N–H and O–H groups in total. The highest BCUT2D eigenvalue weighted by Crippen LogP contribution is 2.05. The van der Waals surface area contributed by atoms with Gasteiger partial charge in [0.05, 0.1) is 0 Å². The third-order valence-electron chi connectivity index (χ3n) is 2.33. The molecule has 2 aromatic rings. The summed E-state index contributed by atoms with van der Waals surface area (Å²) >= 11 is 0. The largest absolute Gasteiger partial charge is 0.322 e. The lowest BCUT2D eigenvalue weighted by Gasteiger charge is -1.95. The number of aromatic nitrogens is 3. The Kier molecular flexibility index (Phi) is 3.10. The fourth-order valence-corrected chi connectivity index (χ4v) is 1.46. The fourth-order valence-electron chi connectivity index (χ4n) is 1.46. The molecular weight excluding hydrogens is 202 g/mol. The molecule has 0 atom stereocenters. The van der Waals surface area contributed by atoms with Gasteiger partial charge in [-0.1, -0.05) is 37.3 Å². The standard InChI is InChI=1S/C12H13N3O/c1-2-10(16)12-13-11(14-15-12)8-9-6-4-3-5-7-9/h3-7H,2,8H2,1H3,(H,13,14,15). The summed E-state index contributed by atoms with van der Waals surface area (Å²) in [5, 5.41) is 7.78. The van der Waals surface area contributed by atoms with Crippen LogP contribution in [0, 0.1) is 0 Å². The van der Waals surface area contributed by atoms with Gasteiger partial charge in [-0.05, 0) is 5.56 Å². The molecule has 1 aromatic carbocycles. The van der Waals surface area contributed by atoms with E-state index in [4.69, 9.17) is 0 Å². The molecule has 4 heteroatoms. The lowest BCUT2D eigenvalue weighted by molar-refractivity contribution is 0.0978. The number of rotatable bonds is 4. The molecule has 0 aliphatic rings. The third-order valence-corrected chi connectivity index (χ3v) is 2.33. The average Bonchev–Trinajstić information content (AvgIpc) is 2.78. The summed E-state index contributed by atoms with van der Waals surface area (Å²) in [6.45, 7) is 1.81. The van der Waals surface area contributed by atoms with E-state index in [1.54, 1.807) is 0 Å². The first-order chi connectivity index (χ1) is 7.79. The summed E-state index contributed by atoms with van der Waals surface area (Å²) in [5.74, 6) is 1.07. The zero-order valence-corrected chi connectivity index (χ0v) is 9.10. The summed E-state index contributed by atoms with van der Waals surface area (Å²) in [7, 11) is 0. The molecule has 2 rings (SSSR count). The van der Waals surface area contributed by atoms with Crippen LogP contribution in [0.5, 0.6) is 0 Å². The highest BCUT2D eigenvalue weighted by molar-refractivity contribution is 5.92. The number of carbonyl (C=O) groups excluding carboxylic acids is 1. The van der Waals surface area contributed by atoms with Crippen molar-refractivity contribution in [2.24, 2.45) is 0 Å². The number of benzene rings is 1. The number of hydrogen-bond donors (Lipinski definition) is 1. The predicted molar refractivity (Wildman–Crippen MR) is 60.3 cm³/mol. The van der Waals surface area contributed by atoms with Gasteiger partial charge in [0.1, 0.15) is 5.82 Å². The first kappa shape index (κ1) is 10.5. The molecule has 0 aliphatic heterocycles. The average molecular weight is 215 g/mol. The number of ketones is 1. The molecule has 1 aromatic heterocycles. The van der Waals surface area contributed by atoms with Crippen molar-refractivity contribution in [3.63, 3.8) is 0 Å². The van der Waals surface area contributed by atoms with E-state index in [-0.39, 0.29) is 5.78 Å². The van der Waals surface area contributed by atoms with Crippen molar-refractivity contribution in [3.05, 3.63) is 47.5 Å². The maximum absolute atomic E-state index is 11.3. The van der Waals surface area contributed by atoms with E-state index >= 15 is 0 Å². The van der Waals surface area contributed by atoms with Crippen LogP contribution in [0.15, 0.2) is 30.3 Å². The van der Waals surface area contributed by atoms with Gasteiger partial charge in [0.15, 0.2) is 11.6 Å². The zero-order valence-electron chi connectivity index (χ0n) is 9.10. The number of H-pyrrole nitrogens is 1. The quantitative estimate of drug-likeness (QED) is 0.793. The van der Waals surface area contributed by atoms with Crippen molar-refractivity contribution in [1.29, 1.82) is 0 Å². The Balaban J connectivity index is 2.12. The third kappa shape index (κ3) is 2.34. The summed E-state index contributed by atoms with van der Waals surface area (Å²) in [6.07, 6.45) is 1.12. The van der Waals surface area contributed by atoms with Gasteiger partial charge in [-0.15, -0.1) is 10.2 Å². The van der Waals surface area contributed by atoms with E-state index in [0.717, 1.165) is 11.4 Å². The van der Waals surface area contributed by atoms with Gasteiger partial charge in [0, 0.05) is 12.8 Å². The highest BCUT2D eigenvalue weighted by atomic mass is 16.1. The minimum Gasteiger partial charge on any atom is -0.322 e. The Morgan fingerprint density at radius 2 is 2.00 bits per heavy atom. The van der Waals surface area contributed by atoms with Crippen molar-refractivity contribution in [2.45, 2.75) is 19.8 Å². The highest BCUT2D eigenvalue weighted by Gasteiger charge is 2.09. The maximum Gasteiger partial charge on any atom is 0.199 e. The van der Waals surface area contributed by atoms with E-state index in [0.29, 0.717) is 18.7 Å². The van der Waals surface area contributed by atoms with Crippen LogP contribution in [-0.2, 0) is 6.42 Å². The van der Waals surface area contributed by atoms with E-state index in [2.05, 4.69) is 15.2 Å². The smallest absolute Gasteiger partial charge is 0.199 e. The molecule has 0 radical (unpaired) electrons. The molecule has 16 heavy (non-hydrogen) atoms. The molecular formula is C12H13N3O. The normalized spacial score (nSPS) is 10.3. The second kappa shape index (κ2) is 4.70. The van der Waals surface area contributed by atoms with Gasteiger partial charge in [-0.2, -0.15) is 0 Å². The van der Waals surface area contributed by atoms with E-state index in [9.17, 15) is 4.79 Å². The minimum absolute atomic E-state index is 0.00758. The number of hydrogen-bond acceptors (Lipinski definition) is 3. The lowest BCUT2D eigenvalue weighted by Crippen LogP contribution is -1.99. The van der Waals surface area contributed by atoms with Crippen LogP contribution >= 0.6 is 0 Å². The Hall–Kier alpha value is -1.97. The van der Waals surface area contributed by atoms with E-state index < -0.39 is 0 Å². The van der Waals surface area contributed by atoms with Gasteiger partial charge in [0.2, 0.25) is 0 Å². The second-order valence-electron chi connectivity index (χ2n) is 3.56. The molecule has 0 amide bonds. The van der Waals surface area contributed by atoms with Crippen LogP contribution < -0.4 is 0 Å². The van der Waals surface area contributed by atoms with Gasteiger partial charge >= 0.3 is 0 Å². The van der Waals surface area contributed by atoms with Crippen molar-refractivity contribution in [1.82, 2.24) is 15.2 Å². The molecule has 1 heterocycles. The van der Waals surface area contributed by atoms with Crippen LogP contribution in [0.4, 0.5) is 0 Å². The Morgan fingerprint density at radius 1 is 1.25 bits per heavy atom. The van der Waals surface area contributed by atoms with Gasteiger partial charge in [0.25, 0.3) is 0 Å². The topological polar surface area (TPSA) is 58.6 Å².